The van der Waals surface area contributed by atoms with Crippen LogP contribution in [0, 0.1) is 17.3 Å². The third kappa shape index (κ3) is 3.16. The van der Waals surface area contributed by atoms with Crippen molar-refractivity contribution in [2.75, 3.05) is 6.61 Å². The minimum Gasteiger partial charge on any atom is -0.465 e. The number of hydrogen-bond donors (Lipinski definition) is 1. The van der Waals surface area contributed by atoms with Gasteiger partial charge in [-0.3, -0.25) is 4.79 Å². The number of alkyl halides is 4. The molecule has 4 saturated carbocycles. The number of rotatable bonds is 6. The van der Waals surface area contributed by atoms with Crippen molar-refractivity contribution in [2.45, 2.75) is 75.7 Å². The Balaban J connectivity index is 1.53. The molecule has 7 heteroatoms. The molecule has 138 valence electrons. The van der Waals surface area contributed by atoms with E-state index in [0.29, 0.717) is 31.1 Å². The molecule has 1 N–H and O–H groups in total. The zero-order chi connectivity index (χ0) is 17.8. The van der Waals surface area contributed by atoms with E-state index in [2.05, 4.69) is 0 Å². The second-order valence-corrected chi connectivity index (χ2v) is 8.30. The molecule has 4 bridgehead atoms. The number of esters is 1. The average molecular weight is 352 g/mol. The van der Waals surface area contributed by atoms with E-state index in [9.17, 15) is 27.5 Å². The van der Waals surface area contributed by atoms with Crippen molar-refractivity contribution < 1.29 is 32.2 Å². The second-order valence-electron chi connectivity index (χ2n) is 8.30. The molecule has 4 aliphatic carbocycles. The predicted molar refractivity (Wildman–Crippen MR) is 77.8 cm³/mol. The van der Waals surface area contributed by atoms with Gasteiger partial charge >= 0.3 is 17.8 Å². The zero-order valence-electron chi connectivity index (χ0n) is 13.8. The normalized spacial score (nSPS) is 38.4. The number of halogens is 4. The van der Waals surface area contributed by atoms with Gasteiger partial charge in [-0.25, -0.2) is 8.78 Å². The molecule has 4 aliphatic rings. The summed E-state index contributed by atoms with van der Waals surface area (Å²) in [6.07, 6.45) is 2.85. The Labute approximate surface area is 138 Å². The predicted octanol–water partition coefficient (Wildman–Crippen LogP) is 3.93. The smallest absolute Gasteiger partial charge is 0.312 e. The van der Waals surface area contributed by atoms with Gasteiger partial charge in [0.1, 0.15) is 0 Å². The van der Waals surface area contributed by atoms with Gasteiger partial charge < -0.3 is 9.84 Å². The van der Waals surface area contributed by atoms with Crippen LogP contribution in [0.15, 0.2) is 0 Å². The highest BCUT2D eigenvalue weighted by Gasteiger charge is 2.61. The fraction of sp³-hybridized carbons (Fsp3) is 0.941. The summed E-state index contributed by atoms with van der Waals surface area (Å²) in [6, 6.07) is 0. The Morgan fingerprint density at radius 1 is 1.17 bits per heavy atom. The van der Waals surface area contributed by atoms with Crippen molar-refractivity contribution in [1.29, 1.82) is 0 Å². The van der Waals surface area contributed by atoms with Crippen LogP contribution in [0.4, 0.5) is 17.6 Å². The van der Waals surface area contributed by atoms with E-state index in [0.717, 1.165) is 19.3 Å². The van der Waals surface area contributed by atoms with Gasteiger partial charge in [0, 0.05) is 13.3 Å². The lowest BCUT2D eigenvalue weighted by atomic mass is 9.48. The van der Waals surface area contributed by atoms with Gasteiger partial charge in [-0.1, -0.05) is 0 Å². The maximum atomic E-state index is 13.2. The highest BCUT2D eigenvalue weighted by molar-refractivity contribution is 5.77. The molecule has 0 heterocycles. The number of carbonyl (C=O) groups excluding carboxylic acids is 1. The first kappa shape index (κ1) is 18.0. The van der Waals surface area contributed by atoms with Crippen LogP contribution in [0.5, 0.6) is 0 Å². The number of ether oxygens (including phenoxy) is 1. The molecule has 0 amide bonds. The fourth-order valence-electron chi connectivity index (χ4n) is 5.28. The van der Waals surface area contributed by atoms with E-state index >= 15 is 0 Å². The maximum absolute atomic E-state index is 13.2. The Morgan fingerprint density at radius 2 is 1.75 bits per heavy atom. The van der Waals surface area contributed by atoms with Gasteiger partial charge in [0.2, 0.25) is 0 Å². The molecule has 3 nitrogen and oxygen atoms in total. The van der Waals surface area contributed by atoms with Gasteiger partial charge in [0.15, 0.2) is 0 Å². The highest BCUT2D eigenvalue weighted by Crippen LogP contribution is 2.62. The number of carbonyl (C=O) groups is 1. The summed E-state index contributed by atoms with van der Waals surface area (Å²) in [4.78, 5) is 12.5. The lowest BCUT2D eigenvalue weighted by Gasteiger charge is -2.58. The molecule has 0 aromatic rings. The molecule has 2 atom stereocenters. The largest absolute Gasteiger partial charge is 0.465 e. The summed E-state index contributed by atoms with van der Waals surface area (Å²) in [5, 5.41) is 10.6. The van der Waals surface area contributed by atoms with Crippen LogP contribution < -0.4 is 0 Å². The summed E-state index contributed by atoms with van der Waals surface area (Å²) in [7, 11) is 0. The first-order chi connectivity index (χ1) is 10.9. The van der Waals surface area contributed by atoms with Gasteiger partial charge in [0.25, 0.3) is 0 Å². The first-order valence-corrected chi connectivity index (χ1v) is 8.60. The minimum absolute atomic E-state index is 0.190. The number of hydrogen-bond acceptors (Lipinski definition) is 3. The van der Waals surface area contributed by atoms with Crippen molar-refractivity contribution in [3.8, 4) is 0 Å². The van der Waals surface area contributed by atoms with Crippen LogP contribution in [0.25, 0.3) is 0 Å². The van der Waals surface area contributed by atoms with Gasteiger partial charge in [-0.05, 0) is 56.8 Å². The van der Waals surface area contributed by atoms with Crippen LogP contribution in [0.3, 0.4) is 0 Å². The highest BCUT2D eigenvalue weighted by atomic mass is 19.3. The molecular weight excluding hydrogens is 328 g/mol. The second kappa shape index (κ2) is 5.58. The third-order valence-electron chi connectivity index (χ3n) is 5.97. The minimum atomic E-state index is -4.10. The van der Waals surface area contributed by atoms with E-state index in [4.69, 9.17) is 4.74 Å². The molecule has 4 rings (SSSR count). The summed E-state index contributed by atoms with van der Waals surface area (Å²) in [5.74, 6) is -8.02. The summed E-state index contributed by atoms with van der Waals surface area (Å²) >= 11 is 0. The van der Waals surface area contributed by atoms with E-state index in [1.165, 1.54) is 0 Å². The molecule has 0 spiro atoms. The number of aliphatic hydroxyl groups is 1. The molecule has 0 aliphatic heterocycles. The molecular formula is C17H24F4O3. The van der Waals surface area contributed by atoms with Gasteiger partial charge in [-0.2, -0.15) is 8.78 Å². The van der Waals surface area contributed by atoms with Gasteiger partial charge in [0.05, 0.1) is 17.6 Å². The zero-order valence-corrected chi connectivity index (χ0v) is 13.8. The molecule has 0 saturated heterocycles. The van der Waals surface area contributed by atoms with Crippen molar-refractivity contribution in [2.24, 2.45) is 17.3 Å². The van der Waals surface area contributed by atoms with Crippen molar-refractivity contribution in [3.05, 3.63) is 0 Å². The van der Waals surface area contributed by atoms with E-state index < -0.39 is 35.3 Å². The average Bonchev–Trinajstić information content (AvgIpc) is 2.39. The standard InChI is InChI=1S/C17H24F4O3/c1-14(18,19)17(20,21)3-2-4-24-13(22)15-6-11-5-12(7-15)9-16(23,8-11)10-15/h11-12,23H,2-10H2,1H3. The summed E-state index contributed by atoms with van der Waals surface area (Å²) in [5.41, 5.74) is -1.52. The Morgan fingerprint density at radius 3 is 2.25 bits per heavy atom. The van der Waals surface area contributed by atoms with Crippen LogP contribution in [-0.4, -0.2) is 35.1 Å². The fourth-order valence-corrected chi connectivity index (χ4v) is 5.28. The third-order valence-corrected chi connectivity index (χ3v) is 5.97. The van der Waals surface area contributed by atoms with E-state index in [-0.39, 0.29) is 20.0 Å². The van der Waals surface area contributed by atoms with Crippen LogP contribution >= 0.6 is 0 Å². The quantitative estimate of drug-likeness (QED) is 0.448. The van der Waals surface area contributed by atoms with Crippen molar-refractivity contribution >= 4 is 5.97 Å². The van der Waals surface area contributed by atoms with Crippen molar-refractivity contribution in [3.63, 3.8) is 0 Å². The van der Waals surface area contributed by atoms with E-state index in [1.54, 1.807) is 0 Å². The van der Waals surface area contributed by atoms with E-state index in [1.807, 2.05) is 0 Å². The van der Waals surface area contributed by atoms with Crippen LogP contribution in [0.1, 0.15) is 58.3 Å². The Kier molecular flexibility index (Phi) is 4.17. The molecule has 2 unspecified atom stereocenters. The summed E-state index contributed by atoms with van der Waals surface area (Å²) in [6.45, 7) is -0.102. The lowest BCUT2D eigenvalue weighted by Crippen LogP contribution is -2.58. The first-order valence-electron chi connectivity index (χ1n) is 8.60. The van der Waals surface area contributed by atoms with Crippen LogP contribution in [-0.2, 0) is 9.53 Å². The molecule has 24 heavy (non-hydrogen) atoms. The van der Waals surface area contributed by atoms with Crippen LogP contribution in [0.2, 0.25) is 0 Å². The maximum Gasteiger partial charge on any atom is 0.312 e. The van der Waals surface area contributed by atoms with Crippen molar-refractivity contribution in [1.82, 2.24) is 0 Å². The van der Waals surface area contributed by atoms with Gasteiger partial charge in [-0.15, -0.1) is 0 Å². The Hall–Kier alpha value is -0.850. The topological polar surface area (TPSA) is 46.5 Å². The Bertz CT molecular complexity index is 500. The molecule has 4 fully saturated rings. The lowest BCUT2D eigenvalue weighted by molar-refractivity contribution is -0.205. The molecule has 0 radical (unpaired) electrons. The molecule has 0 aromatic heterocycles. The monoisotopic (exact) mass is 352 g/mol. The SMILES string of the molecule is CC(F)(F)C(F)(F)CCCOC(=O)C12CC3CC(CC(O)(C3)C1)C2. The summed E-state index contributed by atoms with van der Waals surface area (Å²) < 4.78 is 57.0. The molecule has 0 aromatic carbocycles.